The van der Waals surface area contributed by atoms with Crippen molar-refractivity contribution in [1.29, 1.82) is 0 Å². The van der Waals surface area contributed by atoms with Crippen molar-refractivity contribution in [3.05, 3.63) is 11.8 Å². The first-order chi connectivity index (χ1) is 8.65. The van der Waals surface area contributed by atoms with Gasteiger partial charge in [0.2, 0.25) is 0 Å². The maximum atomic E-state index is 11.8. The molecule has 2 heterocycles. The van der Waals surface area contributed by atoms with Gasteiger partial charge in [-0.1, -0.05) is 6.92 Å². The van der Waals surface area contributed by atoms with Crippen LogP contribution in [-0.2, 0) is 4.74 Å². The van der Waals surface area contributed by atoms with E-state index in [1.165, 1.54) is 12.8 Å². The molecule has 5 nitrogen and oxygen atoms in total. The molecule has 0 bridgehead atoms. The molecule has 0 saturated heterocycles. The van der Waals surface area contributed by atoms with E-state index in [1.54, 1.807) is 6.20 Å². The lowest BCUT2D eigenvalue weighted by Gasteiger charge is -2.30. The second-order valence-electron chi connectivity index (χ2n) is 5.46. The van der Waals surface area contributed by atoms with Crippen LogP contribution in [0.25, 0.3) is 0 Å². The minimum atomic E-state index is -0.284. The number of fused-ring (bicyclic) bond motifs is 1. The minimum absolute atomic E-state index is 0.284. The van der Waals surface area contributed by atoms with E-state index in [1.807, 2.05) is 11.6 Å². The number of hydrogen-bond acceptors (Lipinski definition) is 4. The van der Waals surface area contributed by atoms with Gasteiger partial charge in [-0.15, -0.1) is 0 Å². The van der Waals surface area contributed by atoms with Gasteiger partial charge in [0.1, 0.15) is 11.4 Å². The first kappa shape index (κ1) is 11.6. The third-order valence-corrected chi connectivity index (χ3v) is 4.14. The topological polar surface area (TPSA) is 56.1 Å². The molecule has 2 aliphatic rings. The lowest BCUT2D eigenvalue weighted by atomic mass is 9.94. The molecule has 0 amide bonds. The molecule has 5 heteroatoms. The highest BCUT2D eigenvalue weighted by atomic mass is 16.5. The number of anilines is 1. The number of ether oxygens (including phenoxy) is 1. The monoisotopic (exact) mass is 249 g/mol. The van der Waals surface area contributed by atoms with Crippen LogP contribution in [-0.4, -0.2) is 28.9 Å². The van der Waals surface area contributed by atoms with Crippen molar-refractivity contribution in [2.75, 3.05) is 18.5 Å². The molecule has 0 radical (unpaired) electrons. The van der Waals surface area contributed by atoms with Crippen LogP contribution in [0, 0.1) is 5.41 Å². The van der Waals surface area contributed by atoms with Crippen molar-refractivity contribution in [3.63, 3.8) is 0 Å². The van der Waals surface area contributed by atoms with Gasteiger partial charge in [-0.05, 0) is 31.6 Å². The van der Waals surface area contributed by atoms with Gasteiger partial charge in [0.05, 0.1) is 18.8 Å². The van der Waals surface area contributed by atoms with Crippen molar-refractivity contribution in [3.8, 4) is 0 Å². The third kappa shape index (κ3) is 1.69. The molecule has 1 aromatic rings. The number of aromatic nitrogens is 2. The smallest absolute Gasteiger partial charge is 0.343 e. The summed E-state index contributed by atoms with van der Waals surface area (Å²) in [5, 5.41) is 7.68. The summed E-state index contributed by atoms with van der Waals surface area (Å²) < 4.78 is 7.05. The van der Waals surface area contributed by atoms with E-state index >= 15 is 0 Å². The first-order valence-electron chi connectivity index (χ1n) is 6.64. The number of carbonyl (C=O) groups is 1. The maximum absolute atomic E-state index is 11.8. The second kappa shape index (κ2) is 4.00. The summed E-state index contributed by atoms with van der Waals surface area (Å²) >= 11 is 0. The molecule has 1 N–H and O–H groups in total. The number of carbonyl (C=O) groups excluding carboxylic acids is 1. The third-order valence-electron chi connectivity index (χ3n) is 4.14. The molecule has 1 fully saturated rings. The van der Waals surface area contributed by atoms with Crippen LogP contribution in [0.3, 0.4) is 0 Å². The summed E-state index contributed by atoms with van der Waals surface area (Å²) in [6.07, 6.45) is 5.22. The zero-order valence-corrected chi connectivity index (χ0v) is 10.9. The van der Waals surface area contributed by atoms with Gasteiger partial charge < -0.3 is 10.1 Å². The molecule has 0 aromatic carbocycles. The minimum Gasteiger partial charge on any atom is -0.462 e. The van der Waals surface area contributed by atoms with Crippen molar-refractivity contribution in [2.24, 2.45) is 5.41 Å². The number of nitrogens with one attached hydrogen (secondary N) is 1. The van der Waals surface area contributed by atoms with Crippen LogP contribution >= 0.6 is 0 Å². The molecule has 1 unspecified atom stereocenters. The van der Waals surface area contributed by atoms with Crippen molar-refractivity contribution >= 4 is 11.8 Å². The summed E-state index contributed by atoms with van der Waals surface area (Å²) in [5.41, 5.74) is 0.931. The molecular weight excluding hydrogens is 230 g/mol. The van der Waals surface area contributed by atoms with E-state index in [2.05, 4.69) is 17.3 Å². The Balaban J connectivity index is 1.93. The Morgan fingerprint density at radius 3 is 3.11 bits per heavy atom. The van der Waals surface area contributed by atoms with Gasteiger partial charge in [-0.25, -0.2) is 9.48 Å². The Morgan fingerprint density at radius 1 is 1.67 bits per heavy atom. The lowest BCUT2D eigenvalue weighted by molar-refractivity contribution is 0.0527. The summed E-state index contributed by atoms with van der Waals surface area (Å²) in [7, 11) is 0. The summed E-state index contributed by atoms with van der Waals surface area (Å²) in [6, 6.07) is 0.414. The zero-order chi connectivity index (χ0) is 12.8. The number of hydrogen-bond donors (Lipinski definition) is 1. The Kier molecular flexibility index (Phi) is 2.57. The SMILES string of the molecule is CCOC(=O)c1cnn2c1NCCC2C1(C)CC1. The van der Waals surface area contributed by atoms with Gasteiger partial charge in [-0.3, -0.25) is 0 Å². The molecule has 18 heavy (non-hydrogen) atoms. The molecular formula is C13H19N3O2. The summed E-state index contributed by atoms with van der Waals surface area (Å²) in [5.74, 6) is 0.547. The predicted molar refractivity (Wildman–Crippen MR) is 67.7 cm³/mol. The average Bonchev–Trinajstić information content (AvgIpc) is 2.96. The van der Waals surface area contributed by atoms with Gasteiger partial charge in [-0.2, -0.15) is 5.10 Å². The van der Waals surface area contributed by atoms with Gasteiger partial charge in [0.15, 0.2) is 0 Å². The fourth-order valence-electron chi connectivity index (χ4n) is 2.76. The van der Waals surface area contributed by atoms with E-state index in [-0.39, 0.29) is 5.97 Å². The fourth-order valence-corrected chi connectivity index (χ4v) is 2.76. The maximum Gasteiger partial charge on any atom is 0.343 e. The van der Waals surface area contributed by atoms with Gasteiger partial charge in [0, 0.05) is 6.54 Å². The van der Waals surface area contributed by atoms with Crippen LogP contribution in [0.1, 0.15) is 49.5 Å². The average molecular weight is 249 g/mol. The lowest BCUT2D eigenvalue weighted by Crippen LogP contribution is -2.29. The number of rotatable bonds is 3. The Bertz CT molecular complexity index is 477. The highest BCUT2D eigenvalue weighted by Crippen LogP contribution is 2.56. The summed E-state index contributed by atoms with van der Waals surface area (Å²) in [6.45, 7) is 5.41. The van der Waals surface area contributed by atoms with Crippen LogP contribution < -0.4 is 5.32 Å². The van der Waals surface area contributed by atoms with E-state index in [4.69, 9.17) is 4.74 Å². The molecule has 1 atom stereocenters. The Hall–Kier alpha value is -1.52. The van der Waals surface area contributed by atoms with Gasteiger partial charge >= 0.3 is 5.97 Å². The molecule has 3 rings (SSSR count). The molecule has 1 aliphatic carbocycles. The van der Waals surface area contributed by atoms with Crippen molar-refractivity contribution in [2.45, 2.75) is 39.2 Å². The van der Waals surface area contributed by atoms with E-state index in [9.17, 15) is 4.79 Å². The Morgan fingerprint density at radius 2 is 2.44 bits per heavy atom. The Labute approximate surface area is 107 Å². The second-order valence-corrected chi connectivity index (χ2v) is 5.46. The van der Waals surface area contributed by atoms with Crippen LogP contribution in [0.15, 0.2) is 6.20 Å². The van der Waals surface area contributed by atoms with Crippen LogP contribution in [0.5, 0.6) is 0 Å². The van der Waals surface area contributed by atoms with Crippen molar-refractivity contribution < 1.29 is 9.53 Å². The highest BCUT2D eigenvalue weighted by molar-refractivity contribution is 5.94. The largest absolute Gasteiger partial charge is 0.462 e. The predicted octanol–water partition coefficient (Wildman–Crippen LogP) is 2.22. The number of nitrogens with zero attached hydrogens (tertiary/aromatic N) is 2. The first-order valence-corrected chi connectivity index (χ1v) is 6.64. The zero-order valence-electron chi connectivity index (χ0n) is 10.9. The van der Waals surface area contributed by atoms with Gasteiger partial charge in [0.25, 0.3) is 0 Å². The van der Waals surface area contributed by atoms with E-state index < -0.39 is 0 Å². The van der Waals surface area contributed by atoms with Crippen molar-refractivity contribution in [1.82, 2.24) is 9.78 Å². The molecule has 1 aromatic heterocycles. The molecule has 1 aliphatic heterocycles. The fraction of sp³-hybridized carbons (Fsp3) is 0.692. The number of esters is 1. The molecule has 98 valence electrons. The molecule has 0 spiro atoms. The quantitative estimate of drug-likeness (QED) is 0.834. The molecule has 1 saturated carbocycles. The standard InChI is InChI=1S/C13H19N3O2/c1-3-18-12(17)9-8-15-16-10(13(2)5-6-13)4-7-14-11(9)16/h8,10,14H,3-7H2,1-2H3. The van der Waals surface area contributed by atoms with Crippen LogP contribution in [0.4, 0.5) is 5.82 Å². The normalized spacial score (nSPS) is 24.0. The highest BCUT2D eigenvalue weighted by Gasteiger charge is 2.47. The van der Waals surface area contributed by atoms with E-state index in [0.717, 1.165) is 18.8 Å². The van der Waals surface area contributed by atoms with E-state index in [0.29, 0.717) is 23.6 Å². The summed E-state index contributed by atoms with van der Waals surface area (Å²) in [4.78, 5) is 11.8. The van der Waals surface area contributed by atoms with Crippen LogP contribution in [0.2, 0.25) is 0 Å².